The number of hydrogen-bond donors (Lipinski definition) is 1. The molecule has 0 aliphatic heterocycles. The van der Waals surface area contributed by atoms with Crippen LogP contribution in [0, 0.1) is 0 Å². The second kappa shape index (κ2) is 5.96. The number of ether oxygens (including phenoxy) is 2. The lowest BCUT2D eigenvalue weighted by Gasteiger charge is -2.14. The highest BCUT2D eigenvalue weighted by molar-refractivity contribution is 9.10. The van der Waals surface area contributed by atoms with Crippen LogP contribution in [0.25, 0.3) is 11.1 Å². The molecule has 0 aliphatic carbocycles. The van der Waals surface area contributed by atoms with Gasteiger partial charge in [-0.15, -0.1) is 0 Å². The van der Waals surface area contributed by atoms with Crippen LogP contribution < -0.4 is 9.47 Å². The standard InChI is InChI=1S/C15H13BrO4/c1-19-12-4-3-5-13(20-2)14(12)9-6-7-11(16)10(8-9)15(17)18/h3-8H,1-2H3,(H,17,18). The Morgan fingerprint density at radius 3 is 2.20 bits per heavy atom. The van der Waals surface area contributed by atoms with Crippen LogP contribution in [0.4, 0.5) is 0 Å². The Hall–Kier alpha value is -2.01. The van der Waals surface area contributed by atoms with Crippen molar-refractivity contribution >= 4 is 21.9 Å². The Bertz CT molecular complexity index is 630. The maximum Gasteiger partial charge on any atom is 0.336 e. The Morgan fingerprint density at radius 2 is 1.70 bits per heavy atom. The quantitative estimate of drug-likeness (QED) is 0.921. The van der Waals surface area contributed by atoms with Gasteiger partial charge in [0.1, 0.15) is 11.5 Å². The highest BCUT2D eigenvalue weighted by Crippen LogP contribution is 2.39. The average Bonchev–Trinajstić information content (AvgIpc) is 2.46. The van der Waals surface area contributed by atoms with Crippen LogP contribution in [0.1, 0.15) is 10.4 Å². The van der Waals surface area contributed by atoms with Gasteiger partial charge in [-0.05, 0) is 45.8 Å². The minimum absolute atomic E-state index is 0.190. The second-order valence-corrected chi connectivity index (χ2v) is 4.89. The van der Waals surface area contributed by atoms with Gasteiger partial charge in [-0.3, -0.25) is 0 Å². The molecule has 0 amide bonds. The normalized spacial score (nSPS) is 10.2. The number of halogens is 1. The molecule has 0 radical (unpaired) electrons. The predicted octanol–water partition coefficient (Wildman–Crippen LogP) is 3.83. The van der Waals surface area contributed by atoms with Crippen LogP contribution in [0.3, 0.4) is 0 Å². The minimum atomic E-state index is -0.993. The second-order valence-electron chi connectivity index (χ2n) is 4.04. The first-order valence-corrected chi connectivity index (χ1v) is 6.62. The van der Waals surface area contributed by atoms with Gasteiger partial charge in [0.2, 0.25) is 0 Å². The highest BCUT2D eigenvalue weighted by atomic mass is 79.9. The fourth-order valence-corrected chi connectivity index (χ4v) is 2.40. The van der Waals surface area contributed by atoms with E-state index in [1.165, 1.54) is 0 Å². The molecule has 4 nitrogen and oxygen atoms in total. The third-order valence-corrected chi connectivity index (χ3v) is 3.60. The molecular formula is C15H13BrO4. The Morgan fingerprint density at radius 1 is 1.10 bits per heavy atom. The molecule has 0 saturated carbocycles. The molecule has 0 heterocycles. The SMILES string of the molecule is COc1cccc(OC)c1-c1ccc(Br)c(C(=O)O)c1. The van der Waals surface area contributed by atoms with Crippen molar-refractivity contribution in [3.8, 4) is 22.6 Å². The number of benzene rings is 2. The van der Waals surface area contributed by atoms with Crippen LogP contribution >= 0.6 is 15.9 Å². The van der Waals surface area contributed by atoms with Crippen LogP contribution in [0.15, 0.2) is 40.9 Å². The molecule has 2 rings (SSSR count). The van der Waals surface area contributed by atoms with Gasteiger partial charge in [-0.2, -0.15) is 0 Å². The van der Waals surface area contributed by atoms with Gasteiger partial charge in [-0.1, -0.05) is 12.1 Å². The summed E-state index contributed by atoms with van der Waals surface area (Å²) >= 11 is 3.23. The zero-order valence-corrected chi connectivity index (χ0v) is 12.6. The average molecular weight is 337 g/mol. The first-order valence-electron chi connectivity index (χ1n) is 5.82. The van der Waals surface area contributed by atoms with Crippen molar-refractivity contribution in [2.75, 3.05) is 14.2 Å². The van der Waals surface area contributed by atoms with E-state index in [-0.39, 0.29) is 5.56 Å². The smallest absolute Gasteiger partial charge is 0.336 e. The van der Waals surface area contributed by atoms with Crippen LogP contribution in [-0.2, 0) is 0 Å². The number of aromatic carboxylic acids is 1. The molecule has 0 aromatic heterocycles. The zero-order valence-electron chi connectivity index (χ0n) is 11.0. The number of methoxy groups -OCH3 is 2. The van der Waals surface area contributed by atoms with E-state index < -0.39 is 5.97 Å². The van der Waals surface area contributed by atoms with Crippen molar-refractivity contribution in [1.82, 2.24) is 0 Å². The molecule has 0 unspecified atom stereocenters. The fraction of sp³-hybridized carbons (Fsp3) is 0.133. The van der Waals surface area contributed by atoms with Crippen LogP contribution in [0.5, 0.6) is 11.5 Å². The van der Waals surface area contributed by atoms with Crippen molar-refractivity contribution < 1.29 is 19.4 Å². The summed E-state index contributed by atoms with van der Waals surface area (Å²) in [6.45, 7) is 0. The van der Waals surface area contributed by atoms with Gasteiger partial charge in [0.25, 0.3) is 0 Å². The monoisotopic (exact) mass is 336 g/mol. The lowest BCUT2D eigenvalue weighted by atomic mass is 10.0. The van der Waals surface area contributed by atoms with Gasteiger partial charge < -0.3 is 14.6 Å². The number of rotatable bonds is 4. The molecule has 5 heteroatoms. The van der Waals surface area contributed by atoms with Crippen molar-refractivity contribution in [3.05, 3.63) is 46.4 Å². The third-order valence-electron chi connectivity index (χ3n) is 2.91. The summed E-state index contributed by atoms with van der Waals surface area (Å²) in [5, 5.41) is 9.20. The Labute approximate surface area is 125 Å². The van der Waals surface area contributed by atoms with Crippen molar-refractivity contribution in [2.45, 2.75) is 0 Å². The van der Waals surface area contributed by atoms with E-state index in [1.807, 2.05) is 12.1 Å². The first-order chi connectivity index (χ1) is 9.58. The molecule has 0 atom stereocenters. The van der Waals surface area contributed by atoms with E-state index >= 15 is 0 Å². The molecule has 2 aromatic rings. The van der Waals surface area contributed by atoms with Crippen LogP contribution in [0.2, 0.25) is 0 Å². The van der Waals surface area contributed by atoms with E-state index in [2.05, 4.69) is 15.9 Å². The maximum absolute atomic E-state index is 11.2. The van der Waals surface area contributed by atoms with Crippen LogP contribution in [-0.4, -0.2) is 25.3 Å². The van der Waals surface area contributed by atoms with E-state index in [9.17, 15) is 9.90 Å². The van der Waals surface area contributed by atoms with E-state index in [4.69, 9.17) is 9.47 Å². The summed E-state index contributed by atoms with van der Waals surface area (Å²) in [5.74, 6) is 0.263. The Balaban J connectivity index is 2.68. The molecule has 1 N–H and O–H groups in total. The third kappa shape index (κ3) is 2.63. The summed E-state index contributed by atoms with van der Waals surface area (Å²) in [6, 6.07) is 10.5. The van der Waals surface area contributed by atoms with E-state index in [0.717, 1.165) is 11.1 Å². The van der Waals surface area contributed by atoms with Gasteiger partial charge in [0, 0.05) is 4.47 Å². The van der Waals surface area contributed by atoms with Gasteiger partial charge in [0.15, 0.2) is 0 Å². The molecule has 104 valence electrons. The number of carbonyl (C=O) groups is 1. The van der Waals surface area contributed by atoms with Crippen molar-refractivity contribution in [2.24, 2.45) is 0 Å². The lowest BCUT2D eigenvalue weighted by Crippen LogP contribution is -1.99. The number of carboxylic acids is 1. The summed E-state index contributed by atoms with van der Waals surface area (Å²) in [5.41, 5.74) is 1.64. The number of hydrogen-bond acceptors (Lipinski definition) is 3. The van der Waals surface area contributed by atoms with Gasteiger partial charge in [-0.25, -0.2) is 4.79 Å². The molecule has 2 aromatic carbocycles. The minimum Gasteiger partial charge on any atom is -0.496 e. The van der Waals surface area contributed by atoms with Crippen molar-refractivity contribution in [1.29, 1.82) is 0 Å². The highest BCUT2D eigenvalue weighted by Gasteiger charge is 2.16. The molecular weight excluding hydrogens is 324 g/mol. The van der Waals surface area contributed by atoms with Crippen molar-refractivity contribution in [3.63, 3.8) is 0 Å². The summed E-state index contributed by atoms with van der Waals surface area (Å²) in [4.78, 5) is 11.2. The molecule has 0 fully saturated rings. The molecule has 0 saturated heterocycles. The Kier molecular flexibility index (Phi) is 4.29. The summed E-state index contributed by atoms with van der Waals surface area (Å²) < 4.78 is 11.2. The predicted molar refractivity (Wildman–Crippen MR) is 79.6 cm³/mol. The first kappa shape index (κ1) is 14.4. The van der Waals surface area contributed by atoms with E-state index in [0.29, 0.717) is 16.0 Å². The molecule has 0 bridgehead atoms. The topological polar surface area (TPSA) is 55.8 Å². The summed E-state index contributed by atoms with van der Waals surface area (Å²) in [7, 11) is 3.13. The lowest BCUT2D eigenvalue weighted by molar-refractivity contribution is 0.0696. The molecule has 0 aliphatic rings. The molecule has 0 spiro atoms. The largest absolute Gasteiger partial charge is 0.496 e. The molecule has 20 heavy (non-hydrogen) atoms. The zero-order chi connectivity index (χ0) is 14.7. The van der Waals surface area contributed by atoms with E-state index in [1.54, 1.807) is 38.5 Å². The summed E-state index contributed by atoms with van der Waals surface area (Å²) in [6.07, 6.45) is 0. The maximum atomic E-state index is 11.2. The number of carboxylic acid groups (broad SMARTS) is 1. The van der Waals surface area contributed by atoms with Gasteiger partial charge >= 0.3 is 5.97 Å². The fourth-order valence-electron chi connectivity index (χ4n) is 1.98. The van der Waals surface area contributed by atoms with Gasteiger partial charge in [0.05, 0.1) is 25.3 Å².